The summed E-state index contributed by atoms with van der Waals surface area (Å²) in [5.74, 6) is 0.937. The van der Waals surface area contributed by atoms with E-state index in [2.05, 4.69) is 24.4 Å². The van der Waals surface area contributed by atoms with Crippen LogP contribution >= 0.6 is 11.8 Å². The van der Waals surface area contributed by atoms with Gasteiger partial charge in [0.25, 0.3) is 0 Å². The highest BCUT2D eigenvalue weighted by Gasteiger charge is 2.27. The maximum Gasteiger partial charge on any atom is 0.118 e. The summed E-state index contributed by atoms with van der Waals surface area (Å²) in [7, 11) is 1.71. The quantitative estimate of drug-likeness (QED) is 0.847. The van der Waals surface area contributed by atoms with Gasteiger partial charge in [-0.25, -0.2) is 0 Å². The molecule has 2 nitrogen and oxygen atoms in total. The Hall–Kier alpha value is -0.670. The second-order valence-corrected chi connectivity index (χ2v) is 6.14. The summed E-state index contributed by atoms with van der Waals surface area (Å²) in [6.45, 7) is 3.37. The molecule has 18 heavy (non-hydrogen) atoms. The molecule has 0 aliphatic heterocycles. The zero-order valence-corrected chi connectivity index (χ0v) is 12.1. The van der Waals surface area contributed by atoms with Crippen LogP contribution in [0, 0.1) is 0 Å². The molecule has 100 valence electrons. The third-order valence-electron chi connectivity index (χ3n) is 3.46. The number of ether oxygens (including phenoxy) is 1. The van der Waals surface area contributed by atoms with E-state index in [1.54, 1.807) is 7.11 Å². The standard InChI is InChI=1S/C15H23NOS/c1-3-11-16-14-5-4-6-15(14)18-13-9-7-12(17-2)8-10-13/h7-10,14-16H,3-6,11H2,1-2H3. The number of rotatable bonds is 6. The van der Waals surface area contributed by atoms with Crippen LogP contribution in [0.25, 0.3) is 0 Å². The highest BCUT2D eigenvalue weighted by molar-refractivity contribution is 8.00. The molecule has 1 aromatic rings. The second kappa shape index (κ2) is 7.05. The van der Waals surface area contributed by atoms with Crippen LogP contribution in [0.1, 0.15) is 32.6 Å². The van der Waals surface area contributed by atoms with Gasteiger partial charge < -0.3 is 10.1 Å². The summed E-state index contributed by atoms with van der Waals surface area (Å²) in [4.78, 5) is 1.35. The minimum atomic E-state index is 0.692. The topological polar surface area (TPSA) is 21.3 Å². The summed E-state index contributed by atoms with van der Waals surface area (Å²) < 4.78 is 5.19. The van der Waals surface area contributed by atoms with Crippen LogP contribution < -0.4 is 10.1 Å². The van der Waals surface area contributed by atoms with Crippen LogP contribution in [0.3, 0.4) is 0 Å². The molecule has 0 aromatic heterocycles. The molecule has 0 heterocycles. The van der Waals surface area contributed by atoms with E-state index in [4.69, 9.17) is 4.74 Å². The minimum absolute atomic E-state index is 0.692. The maximum absolute atomic E-state index is 5.19. The second-order valence-electron chi connectivity index (χ2n) is 4.82. The fraction of sp³-hybridized carbons (Fsp3) is 0.600. The Morgan fingerprint density at radius 3 is 2.72 bits per heavy atom. The molecule has 1 aromatic carbocycles. The fourth-order valence-electron chi connectivity index (χ4n) is 2.46. The highest BCUT2D eigenvalue weighted by atomic mass is 32.2. The molecular weight excluding hydrogens is 242 g/mol. The van der Waals surface area contributed by atoms with Crippen LogP contribution in [0.4, 0.5) is 0 Å². The Kier molecular flexibility index (Phi) is 5.39. The summed E-state index contributed by atoms with van der Waals surface area (Å²) in [6.07, 6.45) is 5.23. The lowest BCUT2D eigenvalue weighted by atomic mass is 10.2. The van der Waals surface area contributed by atoms with Gasteiger partial charge in [-0.1, -0.05) is 13.3 Å². The number of hydrogen-bond donors (Lipinski definition) is 1. The molecule has 2 rings (SSSR count). The Balaban J connectivity index is 1.90. The number of nitrogens with one attached hydrogen (secondary N) is 1. The van der Waals surface area contributed by atoms with Crippen molar-refractivity contribution in [2.45, 2.75) is 48.8 Å². The van der Waals surface area contributed by atoms with Crippen molar-refractivity contribution in [2.75, 3.05) is 13.7 Å². The number of hydrogen-bond acceptors (Lipinski definition) is 3. The van der Waals surface area contributed by atoms with Gasteiger partial charge in [0.2, 0.25) is 0 Å². The van der Waals surface area contributed by atoms with E-state index in [1.807, 2.05) is 23.9 Å². The zero-order chi connectivity index (χ0) is 12.8. The minimum Gasteiger partial charge on any atom is -0.497 e. The average molecular weight is 265 g/mol. The fourth-order valence-corrected chi connectivity index (χ4v) is 3.78. The summed E-state index contributed by atoms with van der Waals surface area (Å²) >= 11 is 2.01. The average Bonchev–Trinajstić information content (AvgIpc) is 2.84. The lowest BCUT2D eigenvalue weighted by Gasteiger charge is -2.20. The Morgan fingerprint density at radius 1 is 1.28 bits per heavy atom. The third-order valence-corrected chi connectivity index (χ3v) is 4.87. The van der Waals surface area contributed by atoms with E-state index in [9.17, 15) is 0 Å². The SMILES string of the molecule is CCCNC1CCCC1Sc1ccc(OC)cc1. The number of methoxy groups -OCH3 is 1. The van der Waals surface area contributed by atoms with Gasteiger partial charge in [-0.3, -0.25) is 0 Å². The van der Waals surface area contributed by atoms with Crippen molar-refractivity contribution >= 4 is 11.8 Å². The number of thioether (sulfide) groups is 1. The van der Waals surface area contributed by atoms with Gasteiger partial charge in [0.1, 0.15) is 5.75 Å². The first-order valence-electron chi connectivity index (χ1n) is 6.87. The molecular formula is C15H23NOS. The summed E-state index contributed by atoms with van der Waals surface area (Å²) in [6, 6.07) is 9.12. The van der Waals surface area contributed by atoms with Gasteiger partial charge in [0.05, 0.1) is 7.11 Å². The van der Waals surface area contributed by atoms with Gasteiger partial charge in [0, 0.05) is 16.2 Å². The van der Waals surface area contributed by atoms with Crippen molar-refractivity contribution in [3.05, 3.63) is 24.3 Å². The van der Waals surface area contributed by atoms with Crippen LogP contribution in [-0.2, 0) is 0 Å². The normalized spacial score (nSPS) is 23.2. The maximum atomic E-state index is 5.19. The lowest BCUT2D eigenvalue weighted by molar-refractivity contribution is 0.414. The molecule has 2 unspecified atom stereocenters. The first kappa shape index (κ1) is 13.8. The predicted octanol–water partition coefficient (Wildman–Crippen LogP) is 3.71. The monoisotopic (exact) mass is 265 g/mol. The van der Waals surface area contributed by atoms with E-state index < -0.39 is 0 Å². The molecule has 2 atom stereocenters. The molecule has 1 aliphatic carbocycles. The van der Waals surface area contributed by atoms with Crippen molar-refractivity contribution in [1.29, 1.82) is 0 Å². The molecule has 1 fully saturated rings. The van der Waals surface area contributed by atoms with E-state index in [-0.39, 0.29) is 0 Å². The predicted molar refractivity (Wildman–Crippen MR) is 78.6 cm³/mol. The molecule has 3 heteroatoms. The highest BCUT2D eigenvalue weighted by Crippen LogP contribution is 2.35. The van der Waals surface area contributed by atoms with Crippen LogP contribution in [0.2, 0.25) is 0 Å². The van der Waals surface area contributed by atoms with Crippen molar-refractivity contribution in [2.24, 2.45) is 0 Å². The Labute approximate surface area is 114 Å². The van der Waals surface area contributed by atoms with Crippen molar-refractivity contribution < 1.29 is 4.74 Å². The van der Waals surface area contributed by atoms with Gasteiger partial charge in [0.15, 0.2) is 0 Å². The smallest absolute Gasteiger partial charge is 0.118 e. The van der Waals surface area contributed by atoms with Gasteiger partial charge in [-0.15, -0.1) is 11.8 Å². The Bertz CT molecular complexity index is 352. The van der Waals surface area contributed by atoms with E-state index >= 15 is 0 Å². The first-order valence-corrected chi connectivity index (χ1v) is 7.75. The van der Waals surface area contributed by atoms with E-state index in [0.717, 1.165) is 17.5 Å². The molecule has 0 bridgehead atoms. The molecule has 0 spiro atoms. The first-order chi connectivity index (χ1) is 8.83. The van der Waals surface area contributed by atoms with Crippen molar-refractivity contribution in [1.82, 2.24) is 5.32 Å². The third kappa shape index (κ3) is 3.66. The number of benzene rings is 1. The Morgan fingerprint density at radius 2 is 2.06 bits per heavy atom. The molecule has 1 N–H and O–H groups in total. The van der Waals surface area contributed by atoms with Crippen LogP contribution in [0.15, 0.2) is 29.2 Å². The van der Waals surface area contributed by atoms with Crippen LogP contribution in [-0.4, -0.2) is 24.9 Å². The molecule has 1 aliphatic rings. The van der Waals surface area contributed by atoms with Gasteiger partial charge in [-0.05, 0) is 50.1 Å². The summed E-state index contributed by atoms with van der Waals surface area (Å²) in [5, 5.41) is 4.41. The van der Waals surface area contributed by atoms with E-state index in [1.165, 1.54) is 30.6 Å². The van der Waals surface area contributed by atoms with Crippen molar-refractivity contribution in [3.63, 3.8) is 0 Å². The molecule has 0 amide bonds. The molecule has 1 saturated carbocycles. The van der Waals surface area contributed by atoms with Crippen LogP contribution in [0.5, 0.6) is 5.75 Å². The van der Waals surface area contributed by atoms with Gasteiger partial charge >= 0.3 is 0 Å². The largest absolute Gasteiger partial charge is 0.497 e. The van der Waals surface area contributed by atoms with Crippen molar-refractivity contribution in [3.8, 4) is 5.75 Å². The van der Waals surface area contributed by atoms with E-state index in [0.29, 0.717) is 6.04 Å². The zero-order valence-electron chi connectivity index (χ0n) is 11.3. The van der Waals surface area contributed by atoms with Gasteiger partial charge in [-0.2, -0.15) is 0 Å². The lowest BCUT2D eigenvalue weighted by Crippen LogP contribution is -2.34. The summed E-state index contributed by atoms with van der Waals surface area (Å²) in [5.41, 5.74) is 0. The molecule has 0 radical (unpaired) electrons. The molecule has 0 saturated heterocycles.